The van der Waals surface area contributed by atoms with E-state index >= 15 is 0 Å². The van der Waals surface area contributed by atoms with Gasteiger partial charge in [-0.1, -0.05) is 20.8 Å². The summed E-state index contributed by atoms with van der Waals surface area (Å²) in [6.45, 7) is 9.41. The predicted molar refractivity (Wildman–Crippen MR) is 100 cm³/mol. The molecule has 0 aromatic heterocycles. The molecule has 0 saturated carbocycles. The van der Waals surface area contributed by atoms with Gasteiger partial charge in [-0.2, -0.15) is 4.31 Å². The third kappa shape index (κ3) is 4.81. The summed E-state index contributed by atoms with van der Waals surface area (Å²) >= 11 is 3.30. The first kappa shape index (κ1) is 20.4. The summed E-state index contributed by atoms with van der Waals surface area (Å²) in [6, 6.07) is 4.60. The molecule has 1 saturated heterocycles. The van der Waals surface area contributed by atoms with Gasteiger partial charge in [0.25, 0.3) is 5.91 Å². The number of carbonyl (C=O) groups is 1. The molecule has 1 aliphatic heterocycles. The van der Waals surface area contributed by atoms with Gasteiger partial charge >= 0.3 is 0 Å². The molecule has 0 aliphatic carbocycles. The van der Waals surface area contributed by atoms with E-state index in [-0.39, 0.29) is 22.3 Å². The molecule has 8 heteroatoms. The first-order chi connectivity index (χ1) is 11.5. The van der Waals surface area contributed by atoms with Gasteiger partial charge in [-0.15, -0.1) is 0 Å². The third-order valence-corrected chi connectivity index (χ3v) is 7.32. The van der Waals surface area contributed by atoms with Crippen LogP contribution in [0.2, 0.25) is 0 Å². The van der Waals surface area contributed by atoms with E-state index in [9.17, 15) is 13.2 Å². The van der Waals surface area contributed by atoms with Gasteiger partial charge < -0.3 is 10.1 Å². The molecule has 1 N–H and O–H groups in total. The molecule has 1 aliphatic rings. The molecule has 6 nitrogen and oxygen atoms in total. The van der Waals surface area contributed by atoms with Crippen molar-refractivity contribution in [3.05, 3.63) is 28.2 Å². The van der Waals surface area contributed by atoms with E-state index in [0.717, 1.165) is 0 Å². The van der Waals surface area contributed by atoms with Gasteiger partial charge in [-0.25, -0.2) is 8.42 Å². The normalized spacial score (nSPS) is 18.0. The number of morpholine rings is 1. The molecule has 1 amide bonds. The zero-order valence-corrected chi connectivity index (χ0v) is 17.4. The van der Waals surface area contributed by atoms with Crippen LogP contribution in [0, 0.1) is 5.41 Å². The lowest BCUT2D eigenvalue weighted by molar-refractivity contribution is 0.0730. The van der Waals surface area contributed by atoms with Crippen molar-refractivity contribution in [3.8, 4) is 0 Å². The lowest BCUT2D eigenvalue weighted by Crippen LogP contribution is -2.42. The third-order valence-electron chi connectivity index (χ3n) is 4.43. The number of hydrogen-bond acceptors (Lipinski definition) is 4. The fourth-order valence-corrected chi connectivity index (χ4v) is 4.62. The second-order valence-corrected chi connectivity index (χ2v) is 9.98. The number of benzene rings is 1. The molecule has 0 spiro atoms. The Morgan fingerprint density at radius 3 is 2.44 bits per heavy atom. The maximum Gasteiger partial charge on any atom is 0.251 e. The maximum absolute atomic E-state index is 12.9. The molecule has 0 bridgehead atoms. The highest BCUT2D eigenvalue weighted by Crippen LogP contribution is 2.27. The topological polar surface area (TPSA) is 75.7 Å². The first-order valence-corrected chi connectivity index (χ1v) is 10.4. The van der Waals surface area contributed by atoms with Crippen molar-refractivity contribution in [1.29, 1.82) is 0 Å². The lowest BCUT2D eigenvalue weighted by atomic mass is 9.88. The Morgan fingerprint density at radius 1 is 1.28 bits per heavy atom. The summed E-state index contributed by atoms with van der Waals surface area (Å²) in [5.74, 6) is -0.284. The smallest absolute Gasteiger partial charge is 0.251 e. The number of nitrogens with zero attached hydrogens (tertiary/aromatic N) is 1. The Balaban J connectivity index is 2.29. The zero-order valence-electron chi connectivity index (χ0n) is 15.0. The average molecular weight is 433 g/mol. The summed E-state index contributed by atoms with van der Waals surface area (Å²) in [7, 11) is -3.68. The quantitative estimate of drug-likeness (QED) is 0.792. The number of halogens is 1. The van der Waals surface area contributed by atoms with Crippen molar-refractivity contribution < 1.29 is 17.9 Å². The number of carbonyl (C=O) groups excluding carboxylic acids is 1. The SMILES string of the molecule is CC(NC(=O)c1ccc(Br)c(S(=O)(=O)N2CCOCC2)c1)C(C)(C)C. The number of amides is 1. The van der Waals surface area contributed by atoms with Gasteiger partial charge in [0, 0.05) is 29.2 Å². The van der Waals surface area contributed by atoms with Crippen LogP contribution in [0.5, 0.6) is 0 Å². The van der Waals surface area contributed by atoms with Gasteiger partial charge in [0.15, 0.2) is 0 Å². The predicted octanol–water partition coefficient (Wildman–Crippen LogP) is 2.63. The van der Waals surface area contributed by atoms with E-state index in [0.29, 0.717) is 36.3 Å². The molecular formula is C17H25BrN2O4S. The molecule has 1 heterocycles. The Bertz CT molecular complexity index is 738. The van der Waals surface area contributed by atoms with Crippen LogP contribution in [0.3, 0.4) is 0 Å². The molecule has 1 aromatic rings. The highest BCUT2D eigenvalue weighted by atomic mass is 79.9. The molecule has 140 valence electrons. The summed E-state index contributed by atoms with van der Waals surface area (Å²) in [4.78, 5) is 12.6. The van der Waals surface area contributed by atoms with Crippen LogP contribution in [0.1, 0.15) is 38.1 Å². The van der Waals surface area contributed by atoms with Crippen LogP contribution in [0.25, 0.3) is 0 Å². The number of hydrogen-bond donors (Lipinski definition) is 1. The summed E-state index contributed by atoms with van der Waals surface area (Å²) in [6.07, 6.45) is 0. The van der Waals surface area contributed by atoms with Crippen molar-refractivity contribution in [2.24, 2.45) is 5.41 Å². The minimum absolute atomic E-state index is 0.0528. The number of rotatable bonds is 4. The first-order valence-electron chi connectivity index (χ1n) is 8.22. The minimum Gasteiger partial charge on any atom is -0.379 e. The summed E-state index contributed by atoms with van der Waals surface area (Å²) in [5.41, 5.74) is 0.236. The molecule has 0 radical (unpaired) electrons. The van der Waals surface area contributed by atoms with E-state index in [1.807, 2.05) is 27.7 Å². The van der Waals surface area contributed by atoms with Gasteiger partial charge in [0.2, 0.25) is 10.0 Å². The number of nitrogens with one attached hydrogen (secondary N) is 1. The van der Waals surface area contributed by atoms with Crippen LogP contribution < -0.4 is 5.32 Å². The maximum atomic E-state index is 12.9. The van der Waals surface area contributed by atoms with E-state index in [2.05, 4.69) is 21.2 Å². The molecule has 1 atom stereocenters. The van der Waals surface area contributed by atoms with Crippen LogP contribution >= 0.6 is 15.9 Å². The van der Waals surface area contributed by atoms with E-state index in [1.54, 1.807) is 12.1 Å². The monoisotopic (exact) mass is 432 g/mol. The van der Waals surface area contributed by atoms with Crippen molar-refractivity contribution >= 4 is 31.9 Å². The van der Waals surface area contributed by atoms with Gasteiger partial charge in [0.1, 0.15) is 0 Å². The lowest BCUT2D eigenvalue weighted by Gasteiger charge is -2.28. The highest BCUT2D eigenvalue weighted by molar-refractivity contribution is 9.10. The van der Waals surface area contributed by atoms with Crippen LogP contribution in [-0.2, 0) is 14.8 Å². The second-order valence-electron chi connectivity index (χ2n) is 7.22. The molecule has 1 unspecified atom stereocenters. The van der Waals surface area contributed by atoms with E-state index < -0.39 is 10.0 Å². The van der Waals surface area contributed by atoms with Crippen molar-refractivity contribution in [2.45, 2.75) is 38.6 Å². The van der Waals surface area contributed by atoms with E-state index in [1.165, 1.54) is 10.4 Å². The number of sulfonamides is 1. The Labute approximate surface area is 158 Å². The molecule has 1 fully saturated rings. The van der Waals surface area contributed by atoms with Gasteiger partial charge in [0.05, 0.1) is 18.1 Å². The van der Waals surface area contributed by atoms with Crippen molar-refractivity contribution in [1.82, 2.24) is 9.62 Å². The van der Waals surface area contributed by atoms with Crippen LogP contribution in [0.15, 0.2) is 27.6 Å². The summed E-state index contributed by atoms with van der Waals surface area (Å²) in [5, 5.41) is 2.93. The fourth-order valence-electron chi connectivity index (χ4n) is 2.26. The van der Waals surface area contributed by atoms with Crippen LogP contribution in [-0.4, -0.2) is 51.0 Å². The molecule has 25 heavy (non-hydrogen) atoms. The number of ether oxygens (including phenoxy) is 1. The molecule has 2 rings (SSSR count). The molecule has 1 aromatic carbocycles. The Hall–Kier alpha value is -0.960. The molecular weight excluding hydrogens is 408 g/mol. The second kappa shape index (κ2) is 7.73. The highest BCUT2D eigenvalue weighted by Gasteiger charge is 2.29. The minimum atomic E-state index is -3.68. The van der Waals surface area contributed by atoms with Crippen molar-refractivity contribution in [2.75, 3.05) is 26.3 Å². The van der Waals surface area contributed by atoms with Crippen molar-refractivity contribution in [3.63, 3.8) is 0 Å². The fraction of sp³-hybridized carbons (Fsp3) is 0.588. The van der Waals surface area contributed by atoms with Gasteiger partial charge in [-0.3, -0.25) is 4.79 Å². The summed E-state index contributed by atoms with van der Waals surface area (Å²) < 4.78 is 32.8. The largest absolute Gasteiger partial charge is 0.379 e. The van der Waals surface area contributed by atoms with Crippen LogP contribution in [0.4, 0.5) is 0 Å². The Morgan fingerprint density at radius 2 is 1.88 bits per heavy atom. The zero-order chi connectivity index (χ0) is 18.8. The van der Waals surface area contributed by atoms with Gasteiger partial charge in [-0.05, 0) is 46.5 Å². The average Bonchev–Trinajstić information content (AvgIpc) is 2.54. The Kier molecular flexibility index (Phi) is 6.30. The van der Waals surface area contributed by atoms with E-state index in [4.69, 9.17) is 4.74 Å². The standard InChI is InChI=1S/C17H25BrN2O4S/c1-12(17(2,3)4)19-16(21)13-5-6-14(18)15(11-13)25(22,23)20-7-9-24-10-8-20/h5-6,11-12H,7-10H2,1-4H3,(H,19,21).